The Morgan fingerprint density at radius 3 is 2.35 bits per heavy atom. The molecule has 0 saturated carbocycles. The summed E-state index contributed by atoms with van der Waals surface area (Å²) in [7, 11) is 1.64. The zero-order valence-electron chi connectivity index (χ0n) is 19.3. The second-order valence-corrected chi connectivity index (χ2v) is 9.34. The molecule has 3 aromatic carbocycles. The first-order valence-corrected chi connectivity index (χ1v) is 11.9. The third kappa shape index (κ3) is 4.10. The molecular weight excluding hydrogens is 446 g/mol. The monoisotopic (exact) mass is 471 g/mol. The van der Waals surface area contributed by atoms with Gasteiger partial charge < -0.3 is 9.47 Å². The second-order valence-electron chi connectivity index (χ2n) is 8.27. The molecule has 0 unspecified atom stereocenters. The van der Waals surface area contributed by atoms with E-state index < -0.39 is 0 Å². The third-order valence-electron chi connectivity index (χ3n) is 5.69. The molecule has 2 heterocycles. The van der Waals surface area contributed by atoms with E-state index in [0.29, 0.717) is 5.88 Å². The third-order valence-corrected chi connectivity index (χ3v) is 6.70. The number of ether oxygens (including phenoxy) is 2. The number of para-hydroxylation sites is 1. The van der Waals surface area contributed by atoms with E-state index in [0.717, 1.165) is 38.3 Å². The Kier molecular flexibility index (Phi) is 5.94. The van der Waals surface area contributed by atoms with E-state index in [-0.39, 0.29) is 18.2 Å². The lowest BCUT2D eigenvalue weighted by Gasteiger charge is -2.09. The molecule has 0 aliphatic rings. The summed E-state index contributed by atoms with van der Waals surface area (Å²) in [6.45, 7) is 4.25. The van der Waals surface area contributed by atoms with Crippen LogP contribution in [0.4, 0.5) is 0 Å². The molecule has 0 bridgehead atoms. The van der Waals surface area contributed by atoms with Crippen LogP contribution >= 0.6 is 11.5 Å². The van der Waals surface area contributed by atoms with Crippen molar-refractivity contribution in [1.82, 2.24) is 13.7 Å². The van der Waals surface area contributed by atoms with Gasteiger partial charge in [-0.1, -0.05) is 73.9 Å². The van der Waals surface area contributed by atoms with Gasteiger partial charge in [-0.3, -0.25) is 4.79 Å². The first-order chi connectivity index (χ1) is 16.5. The minimum absolute atomic E-state index is 0.0552. The molecule has 0 aliphatic carbocycles. The summed E-state index contributed by atoms with van der Waals surface area (Å²) in [4.78, 5) is 13.3. The molecule has 5 aromatic rings. The lowest BCUT2D eigenvalue weighted by molar-refractivity contribution is 0.229. The lowest BCUT2D eigenvalue weighted by atomic mass is 9.99. The molecule has 6 nitrogen and oxygen atoms in total. The van der Waals surface area contributed by atoms with Gasteiger partial charge in [0.2, 0.25) is 5.88 Å². The molecule has 0 atom stereocenters. The van der Waals surface area contributed by atoms with Gasteiger partial charge >= 0.3 is 0 Å². The van der Waals surface area contributed by atoms with Crippen LogP contribution in [0.25, 0.3) is 27.0 Å². The van der Waals surface area contributed by atoms with Crippen LogP contribution in [0.5, 0.6) is 11.6 Å². The topological polar surface area (TPSA) is 58.3 Å². The van der Waals surface area contributed by atoms with Crippen LogP contribution in [0.1, 0.15) is 25.3 Å². The summed E-state index contributed by atoms with van der Waals surface area (Å²) < 4.78 is 15.9. The number of methoxy groups -OCH3 is 1. The minimum Gasteiger partial charge on any atom is -0.497 e. The highest BCUT2D eigenvalue weighted by Gasteiger charge is 2.18. The van der Waals surface area contributed by atoms with Crippen molar-refractivity contribution in [3.05, 3.63) is 94.8 Å². The fraction of sp³-hybridized carbons (Fsp3) is 0.185. The quantitative estimate of drug-likeness (QED) is 0.288. The highest BCUT2D eigenvalue weighted by Crippen LogP contribution is 2.32. The van der Waals surface area contributed by atoms with Crippen LogP contribution in [0, 0.1) is 0 Å². The standard InChI is InChI=1S/C27H25N3O3S/c1-18(2)22-14-21(32-3)15-24-26(22)27(31)29(34-24)17-33-25-16-23(19-10-6-4-7-11-19)28-30(25)20-12-8-5-9-13-20/h4-16,18H,17H2,1-3H3. The van der Waals surface area contributed by atoms with E-state index in [1.54, 1.807) is 15.7 Å². The van der Waals surface area contributed by atoms with Gasteiger partial charge in [0.15, 0.2) is 6.73 Å². The number of fused-ring (bicyclic) bond motifs is 1. The Labute approximate surface area is 201 Å². The van der Waals surface area contributed by atoms with Crippen molar-refractivity contribution in [3.8, 4) is 28.6 Å². The molecule has 0 amide bonds. The van der Waals surface area contributed by atoms with Crippen LogP contribution in [-0.4, -0.2) is 20.8 Å². The Bertz CT molecular complexity index is 1480. The summed E-state index contributed by atoms with van der Waals surface area (Å²) >= 11 is 1.38. The number of rotatable bonds is 7. The van der Waals surface area contributed by atoms with E-state index in [1.807, 2.05) is 78.9 Å². The van der Waals surface area contributed by atoms with Crippen molar-refractivity contribution in [2.45, 2.75) is 26.5 Å². The molecule has 34 heavy (non-hydrogen) atoms. The van der Waals surface area contributed by atoms with Crippen LogP contribution in [0.3, 0.4) is 0 Å². The van der Waals surface area contributed by atoms with E-state index in [2.05, 4.69) is 13.8 Å². The predicted octanol–water partition coefficient (Wildman–Crippen LogP) is 6.08. The van der Waals surface area contributed by atoms with Crippen LogP contribution in [0.15, 0.2) is 83.7 Å². The zero-order chi connectivity index (χ0) is 23.7. The molecule has 0 saturated heterocycles. The maximum atomic E-state index is 13.3. The molecule has 2 aromatic heterocycles. The fourth-order valence-electron chi connectivity index (χ4n) is 3.95. The molecule has 0 spiro atoms. The van der Waals surface area contributed by atoms with Gasteiger partial charge in [0, 0.05) is 11.6 Å². The average molecular weight is 472 g/mol. The molecular formula is C27H25N3O3S. The Morgan fingerprint density at radius 1 is 0.971 bits per heavy atom. The molecule has 0 N–H and O–H groups in total. The summed E-state index contributed by atoms with van der Waals surface area (Å²) in [6.07, 6.45) is 0. The summed E-state index contributed by atoms with van der Waals surface area (Å²) in [5, 5.41) is 5.51. The number of aromatic nitrogens is 3. The molecule has 5 rings (SSSR count). The van der Waals surface area contributed by atoms with Gasteiger partial charge in [-0.2, -0.15) is 5.10 Å². The fourth-order valence-corrected chi connectivity index (χ4v) is 4.93. The van der Waals surface area contributed by atoms with Gasteiger partial charge in [-0.25, -0.2) is 8.64 Å². The van der Waals surface area contributed by atoms with Crippen LogP contribution in [-0.2, 0) is 6.73 Å². The molecule has 172 valence electrons. The lowest BCUT2D eigenvalue weighted by Crippen LogP contribution is -2.18. The molecule has 7 heteroatoms. The first kappa shape index (κ1) is 22.0. The SMILES string of the molecule is COc1cc(C(C)C)c2c(=O)n(COc3cc(-c4ccccc4)nn3-c3ccccc3)sc2c1. The maximum absolute atomic E-state index is 13.3. The van der Waals surface area contributed by atoms with Gasteiger partial charge in [0.05, 0.1) is 28.6 Å². The van der Waals surface area contributed by atoms with Crippen molar-refractivity contribution < 1.29 is 9.47 Å². The van der Waals surface area contributed by atoms with Gasteiger partial charge in [-0.05, 0) is 35.7 Å². The normalized spacial score (nSPS) is 11.3. The van der Waals surface area contributed by atoms with Gasteiger partial charge in [-0.15, -0.1) is 0 Å². The van der Waals surface area contributed by atoms with Crippen molar-refractivity contribution in [1.29, 1.82) is 0 Å². The van der Waals surface area contributed by atoms with E-state index >= 15 is 0 Å². The number of benzene rings is 3. The van der Waals surface area contributed by atoms with E-state index in [4.69, 9.17) is 14.6 Å². The van der Waals surface area contributed by atoms with Crippen molar-refractivity contribution in [3.63, 3.8) is 0 Å². The highest BCUT2D eigenvalue weighted by molar-refractivity contribution is 7.13. The van der Waals surface area contributed by atoms with Crippen molar-refractivity contribution in [2.24, 2.45) is 0 Å². The Morgan fingerprint density at radius 2 is 1.68 bits per heavy atom. The molecule has 0 radical (unpaired) electrons. The summed E-state index contributed by atoms with van der Waals surface area (Å²) in [5.41, 5.74) is 3.61. The predicted molar refractivity (Wildman–Crippen MR) is 136 cm³/mol. The minimum atomic E-state index is -0.0552. The first-order valence-electron chi connectivity index (χ1n) is 11.1. The highest BCUT2D eigenvalue weighted by atomic mass is 32.1. The Balaban J connectivity index is 1.53. The molecule has 0 aliphatic heterocycles. The summed E-state index contributed by atoms with van der Waals surface area (Å²) in [6, 6.07) is 25.6. The summed E-state index contributed by atoms with van der Waals surface area (Å²) in [5.74, 6) is 1.51. The van der Waals surface area contributed by atoms with Gasteiger partial charge in [0.1, 0.15) is 5.75 Å². The van der Waals surface area contributed by atoms with Crippen LogP contribution < -0.4 is 15.0 Å². The van der Waals surface area contributed by atoms with Gasteiger partial charge in [0.25, 0.3) is 5.56 Å². The maximum Gasteiger partial charge on any atom is 0.271 e. The smallest absolute Gasteiger partial charge is 0.271 e. The van der Waals surface area contributed by atoms with E-state index in [1.165, 1.54) is 11.5 Å². The van der Waals surface area contributed by atoms with Crippen molar-refractivity contribution >= 4 is 21.6 Å². The Hall–Kier alpha value is -3.84. The van der Waals surface area contributed by atoms with Crippen LogP contribution in [0.2, 0.25) is 0 Å². The van der Waals surface area contributed by atoms with E-state index in [9.17, 15) is 4.79 Å². The average Bonchev–Trinajstić information content (AvgIpc) is 3.44. The second kappa shape index (κ2) is 9.19. The zero-order valence-corrected chi connectivity index (χ0v) is 20.1. The van der Waals surface area contributed by atoms with Crippen molar-refractivity contribution in [2.75, 3.05) is 7.11 Å². The number of hydrogen-bond donors (Lipinski definition) is 0. The largest absolute Gasteiger partial charge is 0.497 e. The number of nitrogens with zero attached hydrogens (tertiary/aromatic N) is 3. The number of hydrogen-bond acceptors (Lipinski definition) is 5. The molecule has 0 fully saturated rings.